The van der Waals surface area contributed by atoms with Crippen molar-refractivity contribution >= 4 is 0 Å². The third kappa shape index (κ3) is 2.73. The van der Waals surface area contributed by atoms with Gasteiger partial charge in [0.05, 0.1) is 6.61 Å². The van der Waals surface area contributed by atoms with Gasteiger partial charge in [-0.1, -0.05) is 13.8 Å². The molecule has 12 heavy (non-hydrogen) atoms. The lowest BCUT2D eigenvalue weighted by molar-refractivity contribution is 0.173. The summed E-state index contributed by atoms with van der Waals surface area (Å²) in [4.78, 5) is 0. The number of nitrogens with two attached hydrogens (primary N) is 1. The number of hydrogen-bond acceptors (Lipinski definition) is 3. The Morgan fingerprint density at radius 3 is 2.75 bits per heavy atom. The predicted octanol–water partition coefficient (Wildman–Crippen LogP) is 0.901. The molecule has 72 valence electrons. The Morgan fingerprint density at radius 1 is 1.58 bits per heavy atom. The summed E-state index contributed by atoms with van der Waals surface area (Å²) in [6.45, 7) is 6.23. The van der Waals surface area contributed by atoms with E-state index < -0.39 is 0 Å². The van der Waals surface area contributed by atoms with Crippen LogP contribution in [0.15, 0.2) is 0 Å². The topological polar surface area (TPSA) is 47.3 Å². The maximum Gasteiger partial charge on any atom is 0.0510 e. The van der Waals surface area contributed by atoms with Crippen LogP contribution in [0.2, 0.25) is 0 Å². The lowest BCUT2D eigenvalue weighted by Gasteiger charge is -2.22. The van der Waals surface area contributed by atoms with E-state index in [1.807, 2.05) is 0 Å². The van der Waals surface area contributed by atoms with Gasteiger partial charge in [-0.15, -0.1) is 0 Å². The van der Waals surface area contributed by atoms with Crippen LogP contribution >= 0.6 is 0 Å². The van der Waals surface area contributed by atoms with Crippen molar-refractivity contribution in [2.24, 2.45) is 17.7 Å². The van der Waals surface area contributed by atoms with Crippen LogP contribution in [0.4, 0.5) is 0 Å². The summed E-state index contributed by atoms with van der Waals surface area (Å²) in [6, 6.07) is 0.437. The molecule has 1 aliphatic heterocycles. The smallest absolute Gasteiger partial charge is 0.0510 e. The van der Waals surface area contributed by atoms with Crippen molar-refractivity contribution in [3.05, 3.63) is 0 Å². The van der Waals surface area contributed by atoms with E-state index in [2.05, 4.69) is 19.3 Å². The molecule has 1 rings (SSSR count). The first-order chi connectivity index (χ1) is 5.74. The fourth-order valence-electron chi connectivity index (χ4n) is 1.77. The number of hydrogen-bond donors (Lipinski definition) is 2. The molecule has 3 N–H and O–H groups in total. The molecule has 1 aliphatic rings. The van der Waals surface area contributed by atoms with E-state index in [1.165, 1.54) is 0 Å². The van der Waals surface area contributed by atoms with Crippen molar-refractivity contribution in [1.82, 2.24) is 5.43 Å². The first-order valence-corrected chi connectivity index (χ1v) is 4.78. The Morgan fingerprint density at radius 2 is 2.33 bits per heavy atom. The summed E-state index contributed by atoms with van der Waals surface area (Å²) in [5, 5.41) is 0. The standard InChI is InChI=1S/C9H20N2O/c1-7(2)5-9(11-10)8-3-4-12-6-8/h7-9,11H,3-6,10H2,1-2H3. The van der Waals surface area contributed by atoms with E-state index in [9.17, 15) is 0 Å². The first kappa shape index (κ1) is 9.96. The van der Waals surface area contributed by atoms with Gasteiger partial charge in [0.1, 0.15) is 0 Å². The monoisotopic (exact) mass is 172 g/mol. The van der Waals surface area contributed by atoms with Gasteiger partial charge >= 0.3 is 0 Å². The van der Waals surface area contributed by atoms with Gasteiger partial charge in [-0.2, -0.15) is 0 Å². The third-order valence-corrected chi connectivity index (χ3v) is 2.47. The molecule has 0 aromatic heterocycles. The highest BCUT2D eigenvalue weighted by molar-refractivity contribution is 4.78. The molecule has 2 unspecified atom stereocenters. The Balaban J connectivity index is 2.32. The zero-order chi connectivity index (χ0) is 8.97. The molecule has 0 saturated carbocycles. The van der Waals surface area contributed by atoms with Crippen LogP contribution in [-0.4, -0.2) is 19.3 Å². The second-order valence-electron chi connectivity index (χ2n) is 4.03. The van der Waals surface area contributed by atoms with Gasteiger partial charge < -0.3 is 4.74 Å². The van der Waals surface area contributed by atoms with Crippen LogP contribution < -0.4 is 11.3 Å². The van der Waals surface area contributed by atoms with Crippen molar-refractivity contribution in [3.8, 4) is 0 Å². The quantitative estimate of drug-likeness (QED) is 0.489. The molecule has 3 heteroatoms. The Labute approximate surface area is 74.6 Å². The molecule has 0 aromatic carbocycles. The van der Waals surface area contributed by atoms with E-state index in [0.29, 0.717) is 17.9 Å². The molecule has 2 atom stereocenters. The maximum atomic E-state index is 5.50. The summed E-state index contributed by atoms with van der Waals surface area (Å²) in [6.07, 6.45) is 2.30. The van der Waals surface area contributed by atoms with Gasteiger partial charge in [0.2, 0.25) is 0 Å². The van der Waals surface area contributed by atoms with Crippen molar-refractivity contribution < 1.29 is 4.74 Å². The van der Waals surface area contributed by atoms with Gasteiger partial charge in [0.25, 0.3) is 0 Å². The van der Waals surface area contributed by atoms with Crippen LogP contribution in [0.25, 0.3) is 0 Å². The van der Waals surface area contributed by atoms with E-state index in [-0.39, 0.29) is 0 Å². The van der Waals surface area contributed by atoms with Gasteiger partial charge in [-0.25, -0.2) is 0 Å². The summed E-state index contributed by atoms with van der Waals surface area (Å²) in [5.74, 6) is 6.82. The van der Waals surface area contributed by atoms with Gasteiger partial charge in [0, 0.05) is 18.6 Å². The second kappa shape index (κ2) is 4.80. The number of ether oxygens (including phenoxy) is 1. The molecule has 0 amide bonds. The van der Waals surface area contributed by atoms with Gasteiger partial charge in [-0.3, -0.25) is 11.3 Å². The molecular weight excluding hydrogens is 152 g/mol. The molecule has 0 spiro atoms. The molecule has 1 heterocycles. The number of hydrazine groups is 1. The van der Waals surface area contributed by atoms with Crippen molar-refractivity contribution in [2.45, 2.75) is 32.7 Å². The van der Waals surface area contributed by atoms with Crippen molar-refractivity contribution in [2.75, 3.05) is 13.2 Å². The van der Waals surface area contributed by atoms with Crippen LogP contribution in [0.1, 0.15) is 26.7 Å². The van der Waals surface area contributed by atoms with E-state index in [0.717, 1.165) is 26.1 Å². The minimum Gasteiger partial charge on any atom is -0.381 e. The fraction of sp³-hybridized carbons (Fsp3) is 1.00. The molecular formula is C9H20N2O. The molecule has 0 bridgehead atoms. The molecule has 0 aromatic rings. The van der Waals surface area contributed by atoms with E-state index in [4.69, 9.17) is 10.6 Å². The SMILES string of the molecule is CC(C)CC(NN)C1CCOC1. The molecule has 0 aliphatic carbocycles. The van der Waals surface area contributed by atoms with Crippen LogP contribution in [0.5, 0.6) is 0 Å². The van der Waals surface area contributed by atoms with Gasteiger partial charge in [0.15, 0.2) is 0 Å². The Hall–Kier alpha value is -0.120. The van der Waals surface area contributed by atoms with Gasteiger partial charge in [-0.05, 0) is 18.8 Å². The van der Waals surface area contributed by atoms with Crippen LogP contribution in [0.3, 0.4) is 0 Å². The summed E-state index contributed by atoms with van der Waals surface area (Å²) in [5.41, 5.74) is 2.90. The molecule has 3 nitrogen and oxygen atoms in total. The van der Waals surface area contributed by atoms with Crippen molar-refractivity contribution in [1.29, 1.82) is 0 Å². The predicted molar refractivity (Wildman–Crippen MR) is 49.5 cm³/mol. The lowest BCUT2D eigenvalue weighted by Crippen LogP contribution is -2.42. The normalized spacial score (nSPS) is 26.5. The highest BCUT2D eigenvalue weighted by atomic mass is 16.5. The Bertz CT molecular complexity index is 122. The summed E-state index contributed by atoms with van der Waals surface area (Å²) < 4.78 is 5.33. The minimum atomic E-state index is 0.437. The summed E-state index contributed by atoms with van der Waals surface area (Å²) >= 11 is 0. The second-order valence-corrected chi connectivity index (χ2v) is 4.03. The molecule has 1 saturated heterocycles. The minimum absolute atomic E-state index is 0.437. The summed E-state index contributed by atoms with van der Waals surface area (Å²) in [7, 11) is 0. The largest absolute Gasteiger partial charge is 0.381 e. The van der Waals surface area contributed by atoms with Crippen molar-refractivity contribution in [3.63, 3.8) is 0 Å². The third-order valence-electron chi connectivity index (χ3n) is 2.47. The molecule has 1 fully saturated rings. The number of nitrogens with one attached hydrogen (secondary N) is 1. The average molecular weight is 172 g/mol. The van der Waals surface area contributed by atoms with E-state index >= 15 is 0 Å². The zero-order valence-corrected chi connectivity index (χ0v) is 8.05. The highest BCUT2D eigenvalue weighted by Gasteiger charge is 2.25. The number of rotatable bonds is 4. The fourth-order valence-corrected chi connectivity index (χ4v) is 1.77. The molecule has 0 radical (unpaired) electrons. The Kier molecular flexibility index (Phi) is 3.98. The average Bonchev–Trinajstić information content (AvgIpc) is 2.51. The van der Waals surface area contributed by atoms with E-state index in [1.54, 1.807) is 0 Å². The van der Waals surface area contributed by atoms with Crippen LogP contribution in [0, 0.1) is 11.8 Å². The lowest BCUT2D eigenvalue weighted by atomic mass is 9.92. The van der Waals surface area contributed by atoms with Crippen LogP contribution in [-0.2, 0) is 4.74 Å². The zero-order valence-electron chi connectivity index (χ0n) is 8.05. The maximum absolute atomic E-state index is 5.50. The first-order valence-electron chi connectivity index (χ1n) is 4.78. The highest BCUT2D eigenvalue weighted by Crippen LogP contribution is 2.20.